The van der Waals surface area contributed by atoms with E-state index in [1.165, 1.54) is 30.5 Å². The van der Waals surface area contributed by atoms with Gasteiger partial charge in [-0.25, -0.2) is 0 Å². The van der Waals surface area contributed by atoms with Gasteiger partial charge < -0.3 is 5.32 Å². The fourth-order valence-electron chi connectivity index (χ4n) is 2.00. The molecular weight excluding hydrogens is 194 g/mol. The number of aryl methyl sites for hydroxylation is 1. The Kier molecular flexibility index (Phi) is 6.17. The maximum absolute atomic E-state index is 3.56. The quantitative estimate of drug-likeness (QED) is 0.691. The van der Waals surface area contributed by atoms with Gasteiger partial charge in [0.05, 0.1) is 0 Å². The van der Waals surface area contributed by atoms with Crippen molar-refractivity contribution in [1.29, 1.82) is 0 Å². The summed E-state index contributed by atoms with van der Waals surface area (Å²) in [7, 11) is 0. The van der Waals surface area contributed by atoms with E-state index in [1.54, 1.807) is 0 Å². The SMILES string of the molecule is CCC(CC)CNCCc1ccccc1C. The second-order valence-electron chi connectivity index (χ2n) is 4.56. The molecule has 0 heterocycles. The van der Waals surface area contributed by atoms with E-state index >= 15 is 0 Å². The van der Waals surface area contributed by atoms with Crippen LogP contribution in [-0.4, -0.2) is 13.1 Å². The molecule has 0 aliphatic rings. The topological polar surface area (TPSA) is 12.0 Å². The Bertz CT molecular complexity index is 289. The van der Waals surface area contributed by atoms with Crippen LogP contribution < -0.4 is 5.32 Å². The number of rotatable bonds is 7. The van der Waals surface area contributed by atoms with E-state index in [-0.39, 0.29) is 0 Å². The Balaban J connectivity index is 2.23. The highest BCUT2D eigenvalue weighted by molar-refractivity contribution is 5.25. The van der Waals surface area contributed by atoms with Crippen LogP contribution in [0.25, 0.3) is 0 Å². The largest absolute Gasteiger partial charge is 0.316 e. The molecule has 1 nitrogen and oxygen atoms in total. The van der Waals surface area contributed by atoms with Crippen molar-refractivity contribution in [3.8, 4) is 0 Å². The molecule has 0 amide bonds. The highest BCUT2D eigenvalue weighted by atomic mass is 14.8. The molecule has 1 aromatic carbocycles. The fourth-order valence-corrected chi connectivity index (χ4v) is 2.00. The van der Waals surface area contributed by atoms with Crippen LogP contribution >= 0.6 is 0 Å². The predicted octanol–water partition coefficient (Wildman–Crippen LogP) is 3.56. The summed E-state index contributed by atoms with van der Waals surface area (Å²) in [4.78, 5) is 0. The van der Waals surface area contributed by atoms with Gasteiger partial charge in [-0.1, -0.05) is 51.0 Å². The standard InChI is InChI=1S/C15H25N/c1-4-14(5-2)12-16-11-10-15-9-7-6-8-13(15)3/h6-9,14,16H,4-5,10-12H2,1-3H3. The van der Waals surface area contributed by atoms with Crippen LogP contribution in [0.4, 0.5) is 0 Å². The molecule has 0 aromatic heterocycles. The van der Waals surface area contributed by atoms with Crippen molar-refractivity contribution in [3.05, 3.63) is 35.4 Å². The minimum absolute atomic E-state index is 0.844. The lowest BCUT2D eigenvalue weighted by molar-refractivity contribution is 0.452. The molecule has 90 valence electrons. The molecule has 0 unspecified atom stereocenters. The lowest BCUT2D eigenvalue weighted by Crippen LogP contribution is -2.24. The Hall–Kier alpha value is -0.820. The monoisotopic (exact) mass is 219 g/mol. The van der Waals surface area contributed by atoms with Crippen molar-refractivity contribution < 1.29 is 0 Å². The summed E-state index contributed by atoms with van der Waals surface area (Å²) >= 11 is 0. The Morgan fingerprint density at radius 1 is 1.12 bits per heavy atom. The van der Waals surface area contributed by atoms with E-state index < -0.39 is 0 Å². The van der Waals surface area contributed by atoms with Crippen LogP contribution in [0.1, 0.15) is 37.8 Å². The lowest BCUT2D eigenvalue weighted by atomic mass is 10.0. The zero-order valence-corrected chi connectivity index (χ0v) is 10.9. The predicted molar refractivity (Wildman–Crippen MR) is 71.8 cm³/mol. The van der Waals surface area contributed by atoms with Crippen LogP contribution in [0.3, 0.4) is 0 Å². The van der Waals surface area contributed by atoms with Gasteiger partial charge in [-0.05, 0) is 43.5 Å². The van der Waals surface area contributed by atoms with Crippen molar-refractivity contribution >= 4 is 0 Å². The number of nitrogens with one attached hydrogen (secondary N) is 1. The summed E-state index contributed by atoms with van der Waals surface area (Å²) in [6.45, 7) is 9.00. The van der Waals surface area contributed by atoms with Crippen molar-refractivity contribution in [2.24, 2.45) is 5.92 Å². The molecular formula is C15H25N. The minimum atomic E-state index is 0.844. The molecule has 0 atom stereocenters. The van der Waals surface area contributed by atoms with Gasteiger partial charge in [0.25, 0.3) is 0 Å². The second kappa shape index (κ2) is 7.45. The van der Waals surface area contributed by atoms with Gasteiger partial charge in [0.15, 0.2) is 0 Å². The molecule has 0 bridgehead atoms. The molecule has 16 heavy (non-hydrogen) atoms. The molecule has 1 heteroatoms. The third-order valence-electron chi connectivity index (χ3n) is 3.42. The molecule has 0 saturated heterocycles. The van der Waals surface area contributed by atoms with Crippen LogP contribution in [-0.2, 0) is 6.42 Å². The van der Waals surface area contributed by atoms with Gasteiger partial charge in [0.2, 0.25) is 0 Å². The second-order valence-corrected chi connectivity index (χ2v) is 4.56. The third kappa shape index (κ3) is 4.36. The third-order valence-corrected chi connectivity index (χ3v) is 3.42. The Morgan fingerprint density at radius 3 is 2.44 bits per heavy atom. The van der Waals surface area contributed by atoms with Crippen molar-refractivity contribution in [1.82, 2.24) is 5.32 Å². The zero-order chi connectivity index (χ0) is 11.8. The van der Waals surface area contributed by atoms with Crippen LogP contribution in [0.15, 0.2) is 24.3 Å². The normalized spacial score (nSPS) is 11.0. The fraction of sp³-hybridized carbons (Fsp3) is 0.600. The van der Waals surface area contributed by atoms with Crippen LogP contribution in [0, 0.1) is 12.8 Å². The van der Waals surface area contributed by atoms with E-state index in [1.807, 2.05) is 0 Å². The van der Waals surface area contributed by atoms with Gasteiger partial charge >= 0.3 is 0 Å². The average molecular weight is 219 g/mol. The molecule has 0 radical (unpaired) electrons. The van der Waals surface area contributed by atoms with Gasteiger partial charge in [0.1, 0.15) is 0 Å². The van der Waals surface area contributed by atoms with Crippen LogP contribution in [0.2, 0.25) is 0 Å². The van der Waals surface area contributed by atoms with E-state index in [9.17, 15) is 0 Å². The van der Waals surface area contributed by atoms with E-state index in [2.05, 4.69) is 50.4 Å². The molecule has 1 aromatic rings. The van der Waals surface area contributed by atoms with Gasteiger partial charge in [0, 0.05) is 0 Å². The smallest absolute Gasteiger partial charge is 0.000814 e. The maximum Gasteiger partial charge on any atom is -0.000814 e. The van der Waals surface area contributed by atoms with E-state index in [4.69, 9.17) is 0 Å². The first-order chi connectivity index (χ1) is 7.77. The molecule has 0 aliphatic carbocycles. The van der Waals surface area contributed by atoms with Crippen molar-refractivity contribution in [2.75, 3.05) is 13.1 Å². The molecule has 1 rings (SSSR count). The van der Waals surface area contributed by atoms with Crippen molar-refractivity contribution in [3.63, 3.8) is 0 Å². The molecule has 0 saturated carbocycles. The average Bonchev–Trinajstić information content (AvgIpc) is 2.31. The van der Waals surface area contributed by atoms with E-state index in [0.717, 1.165) is 18.9 Å². The number of hydrogen-bond donors (Lipinski definition) is 1. The summed E-state index contributed by atoms with van der Waals surface area (Å²) in [6, 6.07) is 8.66. The van der Waals surface area contributed by atoms with Gasteiger partial charge in [-0.3, -0.25) is 0 Å². The molecule has 1 N–H and O–H groups in total. The first-order valence-electron chi connectivity index (χ1n) is 6.53. The molecule has 0 fully saturated rings. The Morgan fingerprint density at radius 2 is 1.81 bits per heavy atom. The lowest BCUT2D eigenvalue weighted by Gasteiger charge is -2.13. The number of hydrogen-bond acceptors (Lipinski definition) is 1. The van der Waals surface area contributed by atoms with Gasteiger partial charge in [-0.15, -0.1) is 0 Å². The highest BCUT2D eigenvalue weighted by Gasteiger charge is 2.02. The zero-order valence-electron chi connectivity index (χ0n) is 10.9. The maximum atomic E-state index is 3.56. The first kappa shape index (κ1) is 13.2. The highest BCUT2D eigenvalue weighted by Crippen LogP contribution is 2.08. The van der Waals surface area contributed by atoms with E-state index in [0.29, 0.717) is 0 Å². The summed E-state index contributed by atoms with van der Waals surface area (Å²) in [5.74, 6) is 0.844. The summed E-state index contributed by atoms with van der Waals surface area (Å²) in [5.41, 5.74) is 2.88. The summed E-state index contributed by atoms with van der Waals surface area (Å²) in [5, 5.41) is 3.56. The molecule has 0 spiro atoms. The summed E-state index contributed by atoms with van der Waals surface area (Å²) < 4.78 is 0. The number of benzene rings is 1. The Labute approximate surface area is 100 Å². The first-order valence-corrected chi connectivity index (χ1v) is 6.53. The van der Waals surface area contributed by atoms with Gasteiger partial charge in [-0.2, -0.15) is 0 Å². The summed E-state index contributed by atoms with van der Waals surface area (Å²) in [6.07, 6.45) is 3.72. The van der Waals surface area contributed by atoms with Crippen molar-refractivity contribution in [2.45, 2.75) is 40.0 Å². The molecule has 0 aliphatic heterocycles. The van der Waals surface area contributed by atoms with Crippen LogP contribution in [0.5, 0.6) is 0 Å². The minimum Gasteiger partial charge on any atom is -0.316 e.